The maximum absolute atomic E-state index is 9.23. The summed E-state index contributed by atoms with van der Waals surface area (Å²) in [4.78, 5) is 6.12. The molecule has 0 saturated carbocycles. The van der Waals surface area contributed by atoms with Crippen LogP contribution < -0.4 is 5.73 Å². The van der Waals surface area contributed by atoms with Gasteiger partial charge in [-0.2, -0.15) is 0 Å². The number of aliphatic hydroxyl groups is 1. The van der Waals surface area contributed by atoms with Crippen molar-refractivity contribution >= 4 is 29.9 Å². The number of likely N-dealkylation sites (tertiary alicyclic amines) is 1. The summed E-state index contributed by atoms with van der Waals surface area (Å²) in [5, 5.41) is 9.23. The van der Waals surface area contributed by atoms with E-state index >= 15 is 0 Å². The predicted octanol–water partition coefficient (Wildman–Crippen LogP) is 0.394. The zero-order valence-corrected chi connectivity index (χ0v) is 10.4. The van der Waals surface area contributed by atoms with Crippen LogP contribution in [-0.4, -0.2) is 41.2 Å². The zero-order valence-electron chi connectivity index (χ0n) is 8.10. The molecule has 3 N–H and O–H groups in total. The largest absolute Gasteiger partial charge is 0.391 e. The molecule has 1 rings (SSSR count). The number of nitrogens with zero attached hydrogens (tertiary/aromatic N) is 2. The molecule has 1 aliphatic rings. The van der Waals surface area contributed by atoms with Crippen LogP contribution >= 0.6 is 24.0 Å². The molecule has 1 fully saturated rings. The van der Waals surface area contributed by atoms with Crippen molar-refractivity contribution in [1.82, 2.24) is 4.90 Å². The van der Waals surface area contributed by atoms with E-state index in [2.05, 4.69) is 4.99 Å². The third-order valence-electron chi connectivity index (χ3n) is 1.88. The highest BCUT2D eigenvalue weighted by Gasteiger charge is 2.21. The van der Waals surface area contributed by atoms with E-state index in [1.807, 2.05) is 18.7 Å². The lowest BCUT2D eigenvalue weighted by Gasteiger charge is -2.16. The van der Waals surface area contributed by atoms with Crippen molar-refractivity contribution in [2.75, 3.05) is 13.1 Å². The standard InChI is InChI=1S/C8H17N3O.HI/c1-6(2)10-8(9)11-4-3-7(12)5-11;/h6-7,12H,3-5H2,1-2H3,(H2,9,10);1H/t7-;/m1./s1. The van der Waals surface area contributed by atoms with Gasteiger partial charge in [-0.05, 0) is 20.3 Å². The number of β-amino-alcohol motifs (C(OH)–C–C–N with tert-alkyl or cyclic N) is 1. The van der Waals surface area contributed by atoms with Crippen molar-refractivity contribution in [3.63, 3.8) is 0 Å². The highest BCUT2D eigenvalue weighted by Crippen LogP contribution is 2.08. The molecule has 0 amide bonds. The number of hydrogen-bond acceptors (Lipinski definition) is 2. The molecular formula is C8H18IN3O. The molecule has 78 valence electrons. The van der Waals surface area contributed by atoms with Crippen molar-refractivity contribution < 1.29 is 5.11 Å². The van der Waals surface area contributed by atoms with E-state index in [1.165, 1.54) is 0 Å². The number of nitrogens with two attached hydrogens (primary N) is 1. The minimum absolute atomic E-state index is 0. The monoisotopic (exact) mass is 299 g/mol. The molecule has 0 unspecified atom stereocenters. The van der Waals surface area contributed by atoms with Gasteiger partial charge in [0.05, 0.1) is 6.10 Å². The van der Waals surface area contributed by atoms with Crippen LogP contribution in [0.4, 0.5) is 0 Å². The van der Waals surface area contributed by atoms with Crippen molar-refractivity contribution in [3.05, 3.63) is 0 Å². The van der Waals surface area contributed by atoms with Crippen LogP contribution in [0.1, 0.15) is 20.3 Å². The van der Waals surface area contributed by atoms with Crippen LogP contribution in [0.25, 0.3) is 0 Å². The lowest BCUT2D eigenvalue weighted by molar-refractivity contribution is 0.188. The van der Waals surface area contributed by atoms with Crippen molar-refractivity contribution in [2.45, 2.75) is 32.4 Å². The average Bonchev–Trinajstić information content (AvgIpc) is 2.34. The molecule has 0 spiro atoms. The number of hydrogen-bond donors (Lipinski definition) is 2. The zero-order chi connectivity index (χ0) is 9.14. The van der Waals surface area contributed by atoms with Gasteiger partial charge in [0.25, 0.3) is 0 Å². The van der Waals surface area contributed by atoms with Crippen LogP contribution in [0.5, 0.6) is 0 Å². The summed E-state index contributed by atoms with van der Waals surface area (Å²) in [6.07, 6.45) is 0.569. The van der Waals surface area contributed by atoms with Crippen molar-refractivity contribution in [3.8, 4) is 0 Å². The van der Waals surface area contributed by atoms with Gasteiger partial charge in [-0.25, -0.2) is 0 Å². The van der Waals surface area contributed by atoms with Crippen LogP contribution in [0.2, 0.25) is 0 Å². The fourth-order valence-electron chi connectivity index (χ4n) is 1.30. The molecule has 1 heterocycles. The molecule has 5 heteroatoms. The number of guanidine groups is 1. The van der Waals surface area contributed by atoms with Crippen LogP contribution in [0, 0.1) is 0 Å². The van der Waals surface area contributed by atoms with Crippen molar-refractivity contribution in [1.29, 1.82) is 0 Å². The fraction of sp³-hybridized carbons (Fsp3) is 0.875. The van der Waals surface area contributed by atoms with E-state index in [-0.39, 0.29) is 36.1 Å². The van der Waals surface area contributed by atoms with Gasteiger partial charge in [0.1, 0.15) is 0 Å². The first-order valence-electron chi connectivity index (χ1n) is 4.36. The number of halogens is 1. The fourth-order valence-corrected chi connectivity index (χ4v) is 1.30. The molecule has 0 aliphatic carbocycles. The van der Waals surface area contributed by atoms with Crippen LogP contribution in [-0.2, 0) is 0 Å². The van der Waals surface area contributed by atoms with Gasteiger partial charge < -0.3 is 15.7 Å². The van der Waals surface area contributed by atoms with E-state index in [9.17, 15) is 5.11 Å². The molecule has 4 nitrogen and oxygen atoms in total. The number of aliphatic hydroxyl groups excluding tert-OH is 1. The van der Waals surface area contributed by atoms with Gasteiger partial charge in [-0.15, -0.1) is 24.0 Å². The topological polar surface area (TPSA) is 61.8 Å². The molecule has 0 aromatic carbocycles. The maximum atomic E-state index is 9.23. The summed E-state index contributed by atoms with van der Waals surface area (Å²) in [6.45, 7) is 5.42. The molecule has 0 bridgehead atoms. The van der Waals surface area contributed by atoms with E-state index in [1.54, 1.807) is 0 Å². The van der Waals surface area contributed by atoms with Gasteiger partial charge in [0.2, 0.25) is 0 Å². The second kappa shape index (κ2) is 5.64. The van der Waals surface area contributed by atoms with Gasteiger partial charge in [-0.1, -0.05) is 0 Å². The van der Waals surface area contributed by atoms with Gasteiger partial charge >= 0.3 is 0 Å². The quantitative estimate of drug-likeness (QED) is 0.418. The first-order chi connectivity index (χ1) is 5.59. The lowest BCUT2D eigenvalue weighted by Crippen LogP contribution is -2.36. The Balaban J connectivity index is 0.00000144. The lowest BCUT2D eigenvalue weighted by atomic mass is 10.3. The van der Waals surface area contributed by atoms with E-state index in [4.69, 9.17) is 5.73 Å². The predicted molar refractivity (Wildman–Crippen MR) is 64.4 cm³/mol. The summed E-state index contributed by atoms with van der Waals surface area (Å²) in [5.41, 5.74) is 5.71. The maximum Gasteiger partial charge on any atom is 0.191 e. The van der Waals surface area contributed by atoms with Gasteiger partial charge in [-0.3, -0.25) is 4.99 Å². The molecule has 1 aliphatic heterocycles. The molecule has 1 atom stereocenters. The second-order valence-electron chi connectivity index (χ2n) is 3.47. The Labute approximate surface area is 96.2 Å². The Bertz CT molecular complexity index is 184. The minimum atomic E-state index is -0.231. The number of rotatable bonds is 1. The van der Waals surface area contributed by atoms with Crippen molar-refractivity contribution in [2.24, 2.45) is 10.7 Å². The molecule has 0 aromatic heterocycles. The van der Waals surface area contributed by atoms with E-state index in [0.29, 0.717) is 12.5 Å². The SMILES string of the molecule is CC(C)N=C(N)N1CC[C@@H](O)C1.I. The highest BCUT2D eigenvalue weighted by atomic mass is 127. The smallest absolute Gasteiger partial charge is 0.191 e. The van der Waals surface area contributed by atoms with E-state index in [0.717, 1.165) is 13.0 Å². The van der Waals surface area contributed by atoms with Crippen LogP contribution in [0.3, 0.4) is 0 Å². The summed E-state index contributed by atoms with van der Waals surface area (Å²) in [7, 11) is 0. The first kappa shape index (κ1) is 13.0. The van der Waals surface area contributed by atoms with Crippen LogP contribution in [0.15, 0.2) is 4.99 Å². The Morgan fingerprint density at radius 2 is 2.23 bits per heavy atom. The Hall–Kier alpha value is -0.0400. The number of aliphatic imine (C=N–C) groups is 1. The van der Waals surface area contributed by atoms with Gasteiger partial charge in [0.15, 0.2) is 5.96 Å². The van der Waals surface area contributed by atoms with E-state index < -0.39 is 0 Å². The van der Waals surface area contributed by atoms with Gasteiger partial charge in [0, 0.05) is 19.1 Å². The second-order valence-corrected chi connectivity index (χ2v) is 3.47. The molecule has 13 heavy (non-hydrogen) atoms. The molecule has 1 saturated heterocycles. The third-order valence-corrected chi connectivity index (χ3v) is 1.88. The molecule has 0 radical (unpaired) electrons. The first-order valence-corrected chi connectivity index (χ1v) is 4.36. The molecule has 0 aromatic rings. The molecular weight excluding hydrogens is 281 g/mol. The Kier molecular flexibility index (Phi) is 5.62. The summed E-state index contributed by atoms with van der Waals surface area (Å²) in [5.74, 6) is 0.557. The average molecular weight is 299 g/mol. The minimum Gasteiger partial charge on any atom is -0.391 e. The Morgan fingerprint density at radius 3 is 2.62 bits per heavy atom. The summed E-state index contributed by atoms with van der Waals surface area (Å²) in [6, 6.07) is 0.225. The summed E-state index contributed by atoms with van der Waals surface area (Å²) >= 11 is 0. The summed E-state index contributed by atoms with van der Waals surface area (Å²) < 4.78 is 0. The highest BCUT2D eigenvalue weighted by molar-refractivity contribution is 14.0. The normalized spacial score (nSPS) is 23.5. The Morgan fingerprint density at radius 1 is 1.62 bits per heavy atom. The third kappa shape index (κ3) is 4.12.